The van der Waals surface area contributed by atoms with Crippen LogP contribution in [-0.2, 0) is 21.6 Å². The number of benzene rings is 4. The number of aliphatic hydroxyl groups is 1. The van der Waals surface area contributed by atoms with Crippen molar-refractivity contribution in [3.05, 3.63) is 162 Å². The second kappa shape index (κ2) is 14.9. The number of hydrogen-bond donors (Lipinski definition) is 2. The van der Waals surface area contributed by atoms with Gasteiger partial charge in [0.15, 0.2) is 0 Å². The molecule has 0 unspecified atom stereocenters. The van der Waals surface area contributed by atoms with Gasteiger partial charge in [-0.2, -0.15) is 5.10 Å². The van der Waals surface area contributed by atoms with Crippen LogP contribution >= 0.6 is 0 Å². The Hall–Kier alpha value is -6.01. The molecule has 11 nitrogen and oxygen atoms in total. The summed E-state index contributed by atoms with van der Waals surface area (Å²) in [5.41, 5.74) is 4.33. The van der Waals surface area contributed by atoms with Crippen LogP contribution in [0.5, 0.6) is 11.5 Å². The summed E-state index contributed by atoms with van der Waals surface area (Å²) in [6, 6.07) is 38.1. The van der Waals surface area contributed by atoms with Crippen molar-refractivity contribution >= 4 is 16.9 Å². The first-order chi connectivity index (χ1) is 26.1. The third-order valence-corrected chi connectivity index (χ3v) is 9.80. The smallest absolute Gasteiger partial charge is 0.149 e. The van der Waals surface area contributed by atoms with Gasteiger partial charge >= 0.3 is 0 Å². The molecule has 1 aliphatic heterocycles. The van der Waals surface area contributed by atoms with Crippen molar-refractivity contribution < 1.29 is 24.1 Å². The van der Waals surface area contributed by atoms with Gasteiger partial charge in [-0.25, -0.2) is 14.6 Å². The maximum atomic E-state index is 11.5. The number of anilines is 1. The summed E-state index contributed by atoms with van der Waals surface area (Å²) in [7, 11) is 3.26. The summed E-state index contributed by atoms with van der Waals surface area (Å²) in [5, 5.41) is 20.3. The standard InChI is InChI=1S/C42H40N6O5/c1-50-33-20-19-29(36(23-33)51-2)25-43-40-39-34(48-22-12-21-46-48)26-47(41(39)45-28-44-40)38-24-35(49)37(53-38)27-52-42(30-13-6-3-7-14-30,31-15-8-4-9-16-31)32-17-10-5-11-18-32/h3-23,26,28,35,37-38,49H,24-25,27H2,1-2H3,(H,43,44,45)/t35-,37+,38+/m0/s1. The zero-order chi connectivity index (χ0) is 36.2. The van der Waals surface area contributed by atoms with Gasteiger partial charge in [0.25, 0.3) is 0 Å². The lowest BCUT2D eigenvalue weighted by molar-refractivity contribution is -0.0930. The highest BCUT2D eigenvalue weighted by Gasteiger charge is 2.42. The van der Waals surface area contributed by atoms with Crippen LogP contribution in [0, 0.1) is 0 Å². The van der Waals surface area contributed by atoms with Gasteiger partial charge in [-0.15, -0.1) is 0 Å². The second-order valence-electron chi connectivity index (χ2n) is 12.8. The minimum Gasteiger partial charge on any atom is -0.497 e. The van der Waals surface area contributed by atoms with Crippen LogP contribution in [0.3, 0.4) is 0 Å². The molecular weight excluding hydrogens is 668 g/mol. The zero-order valence-electron chi connectivity index (χ0n) is 29.4. The normalized spacial score (nSPS) is 17.2. The summed E-state index contributed by atoms with van der Waals surface area (Å²) in [6.07, 6.45) is 5.46. The van der Waals surface area contributed by atoms with Crippen LogP contribution in [0.2, 0.25) is 0 Å². The van der Waals surface area contributed by atoms with Crippen LogP contribution in [0.4, 0.5) is 5.82 Å². The number of nitrogens with one attached hydrogen (secondary N) is 1. The maximum absolute atomic E-state index is 11.5. The van der Waals surface area contributed by atoms with Gasteiger partial charge < -0.3 is 33.9 Å². The average Bonchev–Trinajstić information content (AvgIpc) is 3.98. The fourth-order valence-electron chi connectivity index (χ4n) is 7.19. The lowest BCUT2D eigenvalue weighted by Gasteiger charge is -2.37. The predicted molar refractivity (Wildman–Crippen MR) is 201 cm³/mol. The van der Waals surface area contributed by atoms with Crippen molar-refractivity contribution in [2.45, 2.75) is 37.0 Å². The van der Waals surface area contributed by atoms with Crippen LogP contribution in [0.15, 0.2) is 140 Å². The second-order valence-corrected chi connectivity index (χ2v) is 12.8. The van der Waals surface area contributed by atoms with E-state index in [0.29, 0.717) is 35.9 Å². The Kier molecular flexibility index (Phi) is 9.60. The molecule has 0 saturated carbocycles. The summed E-state index contributed by atoms with van der Waals surface area (Å²) in [4.78, 5) is 9.36. The minimum atomic E-state index is -0.946. The highest BCUT2D eigenvalue weighted by molar-refractivity contribution is 5.95. The first-order valence-electron chi connectivity index (χ1n) is 17.5. The molecule has 8 rings (SSSR count). The molecule has 0 bridgehead atoms. The van der Waals surface area contributed by atoms with Crippen molar-refractivity contribution in [3.63, 3.8) is 0 Å². The van der Waals surface area contributed by atoms with Crippen molar-refractivity contribution in [3.8, 4) is 17.2 Å². The fraction of sp³-hybridized carbons (Fsp3) is 0.214. The van der Waals surface area contributed by atoms with E-state index >= 15 is 0 Å². The van der Waals surface area contributed by atoms with Crippen LogP contribution in [0.1, 0.15) is 34.9 Å². The third kappa shape index (κ3) is 6.50. The molecule has 11 heteroatoms. The number of fused-ring (bicyclic) bond motifs is 1. The van der Waals surface area contributed by atoms with Gasteiger partial charge in [-0.1, -0.05) is 91.0 Å². The lowest BCUT2D eigenvalue weighted by Crippen LogP contribution is -2.38. The first-order valence-corrected chi connectivity index (χ1v) is 17.5. The van der Waals surface area contributed by atoms with E-state index in [9.17, 15) is 5.11 Å². The van der Waals surface area contributed by atoms with Gasteiger partial charge in [0.1, 0.15) is 47.2 Å². The SMILES string of the molecule is COc1ccc(CNc2ncnc3c2c(-n2cccn2)cn3[C@H]2C[C@H](O)[C@@H](COC(c3ccccc3)(c3ccccc3)c3ccccc3)O2)c(OC)c1. The molecule has 4 aromatic carbocycles. The lowest BCUT2D eigenvalue weighted by atomic mass is 9.80. The minimum absolute atomic E-state index is 0.132. The van der Waals surface area contributed by atoms with E-state index in [1.165, 1.54) is 6.33 Å². The van der Waals surface area contributed by atoms with Gasteiger partial charge in [0, 0.05) is 43.2 Å². The van der Waals surface area contributed by atoms with Crippen LogP contribution in [-0.4, -0.2) is 62.5 Å². The number of rotatable bonds is 13. The Balaban J connectivity index is 1.11. The summed E-state index contributed by atoms with van der Waals surface area (Å²) in [5.74, 6) is 2.03. The number of ether oxygens (including phenoxy) is 4. The number of hydrogen-bond acceptors (Lipinski definition) is 9. The molecule has 268 valence electrons. The van der Waals surface area contributed by atoms with E-state index in [0.717, 1.165) is 33.3 Å². The van der Waals surface area contributed by atoms with Crippen molar-refractivity contribution in [1.29, 1.82) is 0 Å². The highest BCUT2D eigenvalue weighted by atomic mass is 16.6. The van der Waals surface area contributed by atoms with Crippen molar-refractivity contribution in [2.75, 3.05) is 26.1 Å². The Morgan fingerprint density at radius 1 is 0.849 bits per heavy atom. The van der Waals surface area contributed by atoms with Gasteiger partial charge in [0.2, 0.25) is 0 Å². The Bertz CT molecular complexity index is 2170. The zero-order valence-corrected chi connectivity index (χ0v) is 29.4. The van der Waals surface area contributed by atoms with E-state index in [-0.39, 0.29) is 6.61 Å². The summed E-state index contributed by atoms with van der Waals surface area (Å²) >= 11 is 0. The molecule has 53 heavy (non-hydrogen) atoms. The topological polar surface area (TPSA) is 118 Å². The molecular formula is C42H40N6O5. The Labute approximate surface area is 307 Å². The van der Waals surface area contributed by atoms with Crippen molar-refractivity contribution in [1.82, 2.24) is 24.3 Å². The number of nitrogens with zero attached hydrogens (tertiary/aromatic N) is 5. The molecule has 0 amide bonds. The number of aliphatic hydroxyl groups excluding tert-OH is 1. The van der Waals surface area contributed by atoms with Crippen molar-refractivity contribution in [2.24, 2.45) is 0 Å². The van der Waals surface area contributed by atoms with E-state index in [1.807, 2.05) is 95.8 Å². The van der Waals surface area contributed by atoms with E-state index < -0.39 is 24.0 Å². The molecule has 2 N–H and O–H groups in total. The number of methoxy groups -OCH3 is 2. The third-order valence-electron chi connectivity index (χ3n) is 9.80. The fourth-order valence-corrected chi connectivity index (χ4v) is 7.19. The summed E-state index contributed by atoms with van der Waals surface area (Å²) in [6.45, 7) is 0.570. The Morgan fingerprint density at radius 2 is 1.53 bits per heavy atom. The maximum Gasteiger partial charge on any atom is 0.149 e. The largest absolute Gasteiger partial charge is 0.497 e. The van der Waals surface area contributed by atoms with E-state index in [4.69, 9.17) is 23.9 Å². The van der Waals surface area contributed by atoms with Crippen LogP contribution in [0.25, 0.3) is 16.7 Å². The van der Waals surface area contributed by atoms with E-state index in [2.05, 4.69) is 51.8 Å². The van der Waals surface area contributed by atoms with Gasteiger partial charge in [-0.05, 0) is 34.9 Å². The highest BCUT2D eigenvalue weighted by Crippen LogP contribution is 2.42. The quantitative estimate of drug-likeness (QED) is 0.123. The average molecular weight is 709 g/mol. The molecule has 0 spiro atoms. The van der Waals surface area contributed by atoms with Gasteiger partial charge in [-0.3, -0.25) is 0 Å². The van der Waals surface area contributed by atoms with Crippen LogP contribution < -0.4 is 14.8 Å². The van der Waals surface area contributed by atoms with Gasteiger partial charge in [0.05, 0.1) is 38.0 Å². The molecule has 1 fully saturated rings. The molecule has 7 aromatic rings. The summed E-state index contributed by atoms with van der Waals surface area (Å²) < 4.78 is 28.5. The number of aromatic nitrogens is 5. The molecule has 0 radical (unpaired) electrons. The monoisotopic (exact) mass is 708 g/mol. The van der Waals surface area contributed by atoms with E-state index in [1.54, 1.807) is 25.1 Å². The molecule has 3 aromatic heterocycles. The molecule has 4 heterocycles. The molecule has 3 atom stereocenters. The molecule has 0 aliphatic carbocycles. The first kappa shape index (κ1) is 34.1. The molecule has 1 saturated heterocycles. The molecule has 1 aliphatic rings. The predicted octanol–water partition coefficient (Wildman–Crippen LogP) is 6.90. The Morgan fingerprint density at radius 3 is 2.13 bits per heavy atom.